The van der Waals surface area contributed by atoms with Crippen LogP contribution in [-0.2, 0) is 0 Å². The van der Waals surface area contributed by atoms with E-state index in [1.165, 1.54) is 0 Å². The number of hydrogen-bond donors (Lipinski definition) is 2. The third-order valence-electron chi connectivity index (χ3n) is 2.18. The molecule has 1 saturated heterocycles. The Morgan fingerprint density at radius 2 is 1.50 bits per heavy atom. The molecule has 2 amide bonds. The Bertz CT molecular complexity index is 358. The summed E-state index contributed by atoms with van der Waals surface area (Å²) in [7, 11) is 0. The first-order valence-electron chi connectivity index (χ1n) is 4.32. The van der Waals surface area contributed by atoms with Gasteiger partial charge in [-0.2, -0.15) is 0 Å². The van der Waals surface area contributed by atoms with Gasteiger partial charge in [-0.25, -0.2) is 4.79 Å². The number of carbonyl (C=O) groups is 1. The molecule has 1 fully saturated rings. The van der Waals surface area contributed by atoms with Gasteiger partial charge in [0.2, 0.25) is 12.5 Å². The van der Waals surface area contributed by atoms with E-state index in [-0.39, 0.29) is 6.03 Å². The van der Waals surface area contributed by atoms with E-state index >= 15 is 0 Å². The number of nitrogens with one attached hydrogen (secondary N) is 2. The third-order valence-corrected chi connectivity index (χ3v) is 2.18. The highest BCUT2D eigenvalue weighted by atomic mass is 16.6. The predicted molar refractivity (Wildman–Crippen MR) is 46.9 cm³/mol. The molecule has 2 aliphatic rings. The van der Waals surface area contributed by atoms with Gasteiger partial charge in [0.05, 0.1) is 0 Å². The van der Waals surface area contributed by atoms with Crippen molar-refractivity contribution in [3.63, 3.8) is 0 Å². The van der Waals surface area contributed by atoms with E-state index in [0.717, 1.165) is 0 Å². The summed E-state index contributed by atoms with van der Waals surface area (Å²) in [6.07, 6.45) is -0.866. The van der Waals surface area contributed by atoms with Crippen LogP contribution in [0.4, 0.5) is 4.79 Å². The van der Waals surface area contributed by atoms with E-state index in [2.05, 4.69) is 10.6 Å². The van der Waals surface area contributed by atoms with Gasteiger partial charge in [-0.3, -0.25) is 10.6 Å². The molecular weight excluding hydrogens is 184 g/mol. The average molecular weight is 192 g/mol. The molecule has 2 heterocycles. The van der Waals surface area contributed by atoms with E-state index in [9.17, 15) is 4.79 Å². The summed E-state index contributed by atoms with van der Waals surface area (Å²) in [4.78, 5) is 11.0. The average Bonchev–Trinajstić information content (AvgIpc) is 2.53. The van der Waals surface area contributed by atoms with Crippen LogP contribution in [0.5, 0.6) is 11.5 Å². The second kappa shape index (κ2) is 2.54. The van der Waals surface area contributed by atoms with Crippen LogP contribution < -0.4 is 20.1 Å². The molecule has 0 radical (unpaired) electrons. The largest absolute Gasteiger partial charge is 0.461 e. The lowest BCUT2D eigenvalue weighted by atomic mass is 10.3. The van der Waals surface area contributed by atoms with Gasteiger partial charge in [0.1, 0.15) is 0 Å². The van der Waals surface area contributed by atoms with Crippen molar-refractivity contribution in [2.75, 3.05) is 0 Å². The maximum Gasteiger partial charge on any atom is 0.320 e. The van der Waals surface area contributed by atoms with Gasteiger partial charge in [-0.1, -0.05) is 12.1 Å². The second-order valence-electron chi connectivity index (χ2n) is 3.14. The molecule has 0 aliphatic carbocycles. The molecule has 5 nitrogen and oxygen atoms in total. The first kappa shape index (κ1) is 7.49. The summed E-state index contributed by atoms with van der Waals surface area (Å²) in [6, 6.07) is 7.04. The van der Waals surface area contributed by atoms with Crippen LogP contribution in [0.3, 0.4) is 0 Å². The van der Waals surface area contributed by atoms with Gasteiger partial charge >= 0.3 is 6.03 Å². The molecule has 72 valence electrons. The summed E-state index contributed by atoms with van der Waals surface area (Å²) in [6.45, 7) is 0. The Morgan fingerprint density at radius 3 is 2.00 bits per heavy atom. The lowest BCUT2D eigenvalue weighted by Crippen LogP contribution is -2.45. The summed E-state index contributed by atoms with van der Waals surface area (Å²) in [5, 5.41) is 5.20. The van der Waals surface area contributed by atoms with Crippen LogP contribution in [0, 0.1) is 0 Å². The Hall–Kier alpha value is -1.91. The number of ether oxygens (including phenoxy) is 2. The highest BCUT2D eigenvalue weighted by Crippen LogP contribution is 2.33. The van der Waals surface area contributed by atoms with Crippen LogP contribution in [0.2, 0.25) is 0 Å². The van der Waals surface area contributed by atoms with Crippen LogP contribution in [0.1, 0.15) is 0 Å². The lowest BCUT2D eigenvalue weighted by Gasteiger charge is -2.27. The molecule has 0 unspecified atom stereocenters. The molecule has 1 aromatic carbocycles. The molecule has 2 atom stereocenters. The highest BCUT2D eigenvalue weighted by Gasteiger charge is 2.39. The normalized spacial score (nSPS) is 27.6. The van der Waals surface area contributed by atoms with Crippen LogP contribution in [-0.4, -0.2) is 18.5 Å². The van der Waals surface area contributed by atoms with Crippen LogP contribution >= 0.6 is 0 Å². The van der Waals surface area contributed by atoms with E-state index in [4.69, 9.17) is 9.47 Å². The van der Waals surface area contributed by atoms with Gasteiger partial charge in [-0.05, 0) is 12.1 Å². The van der Waals surface area contributed by atoms with Crippen molar-refractivity contribution in [2.45, 2.75) is 12.5 Å². The highest BCUT2D eigenvalue weighted by molar-refractivity contribution is 5.77. The first-order valence-corrected chi connectivity index (χ1v) is 4.32. The van der Waals surface area contributed by atoms with Gasteiger partial charge in [0, 0.05) is 0 Å². The summed E-state index contributed by atoms with van der Waals surface area (Å²) < 4.78 is 11.0. The number of para-hydroxylation sites is 2. The molecule has 0 aromatic heterocycles. The standard InChI is InChI=1S/C9H8N2O3/c12-9-10-7-8(11-9)14-6-4-2-1-3-5(6)13-7/h1-4,7-8H,(H2,10,11,12)/t7-,8+. The molecule has 2 aliphatic heterocycles. The zero-order chi connectivity index (χ0) is 9.54. The minimum atomic E-state index is -0.433. The topological polar surface area (TPSA) is 59.6 Å². The zero-order valence-corrected chi connectivity index (χ0v) is 7.19. The molecule has 14 heavy (non-hydrogen) atoms. The Balaban J connectivity index is 1.95. The van der Waals surface area contributed by atoms with Gasteiger partial charge < -0.3 is 9.47 Å². The van der Waals surface area contributed by atoms with Gasteiger partial charge in [0.25, 0.3) is 0 Å². The number of urea groups is 1. The molecule has 5 heteroatoms. The third kappa shape index (κ3) is 0.985. The quantitative estimate of drug-likeness (QED) is 0.626. The molecule has 3 rings (SSSR count). The Kier molecular flexibility index (Phi) is 1.36. The fourth-order valence-corrected chi connectivity index (χ4v) is 1.55. The van der Waals surface area contributed by atoms with Gasteiger partial charge in [0.15, 0.2) is 11.5 Å². The number of amides is 2. The second-order valence-corrected chi connectivity index (χ2v) is 3.14. The summed E-state index contributed by atoms with van der Waals surface area (Å²) in [5.41, 5.74) is 0. The van der Waals surface area contributed by atoms with Crippen molar-refractivity contribution < 1.29 is 14.3 Å². The number of carbonyl (C=O) groups excluding carboxylic acids is 1. The van der Waals surface area contributed by atoms with Crippen molar-refractivity contribution >= 4 is 6.03 Å². The van der Waals surface area contributed by atoms with Gasteiger partial charge in [-0.15, -0.1) is 0 Å². The Morgan fingerprint density at radius 1 is 1.00 bits per heavy atom. The molecule has 0 spiro atoms. The van der Waals surface area contributed by atoms with Crippen molar-refractivity contribution in [1.82, 2.24) is 10.6 Å². The van der Waals surface area contributed by atoms with E-state index in [1.807, 2.05) is 12.1 Å². The maximum absolute atomic E-state index is 11.0. The number of rotatable bonds is 0. The van der Waals surface area contributed by atoms with E-state index in [0.29, 0.717) is 11.5 Å². The molecule has 0 saturated carbocycles. The summed E-state index contributed by atoms with van der Waals surface area (Å²) in [5.74, 6) is 1.30. The van der Waals surface area contributed by atoms with Crippen LogP contribution in [0.25, 0.3) is 0 Å². The van der Waals surface area contributed by atoms with Crippen molar-refractivity contribution in [3.8, 4) is 11.5 Å². The monoisotopic (exact) mass is 192 g/mol. The number of benzene rings is 1. The van der Waals surface area contributed by atoms with Crippen molar-refractivity contribution in [2.24, 2.45) is 0 Å². The molecule has 1 aromatic rings. The molecule has 2 N–H and O–H groups in total. The van der Waals surface area contributed by atoms with Crippen molar-refractivity contribution in [1.29, 1.82) is 0 Å². The Labute approximate surface area is 80.0 Å². The zero-order valence-electron chi connectivity index (χ0n) is 7.19. The fourth-order valence-electron chi connectivity index (χ4n) is 1.55. The first-order chi connectivity index (χ1) is 6.83. The minimum Gasteiger partial charge on any atom is -0.461 e. The van der Waals surface area contributed by atoms with Crippen LogP contribution in [0.15, 0.2) is 24.3 Å². The van der Waals surface area contributed by atoms with E-state index in [1.54, 1.807) is 12.1 Å². The maximum atomic E-state index is 11.0. The number of hydrogen-bond acceptors (Lipinski definition) is 3. The predicted octanol–water partition coefficient (Wildman–Crippen LogP) is 0.423. The lowest BCUT2D eigenvalue weighted by molar-refractivity contribution is 0.0223. The smallest absolute Gasteiger partial charge is 0.320 e. The molecule has 0 bridgehead atoms. The minimum absolute atomic E-state index is 0.271. The SMILES string of the molecule is O=C1N[C@@H]2Oc3ccccc3O[C@@H]2N1. The summed E-state index contributed by atoms with van der Waals surface area (Å²) >= 11 is 0. The molecular formula is C9H8N2O3. The van der Waals surface area contributed by atoms with Crippen molar-refractivity contribution in [3.05, 3.63) is 24.3 Å². The number of fused-ring (bicyclic) bond motifs is 2. The fraction of sp³-hybridized carbons (Fsp3) is 0.222. The van der Waals surface area contributed by atoms with E-state index < -0.39 is 12.5 Å².